The maximum Gasteiger partial charge on any atom is 0.258 e. The van der Waals surface area contributed by atoms with Gasteiger partial charge in [0.05, 0.1) is 21.5 Å². The van der Waals surface area contributed by atoms with Gasteiger partial charge in [-0.25, -0.2) is 4.39 Å². The first-order valence-electron chi connectivity index (χ1n) is 8.92. The fourth-order valence-corrected chi connectivity index (χ4v) is 3.87. The van der Waals surface area contributed by atoms with Crippen LogP contribution in [0.1, 0.15) is 17.3 Å². The molecule has 2 amide bonds. The van der Waals surface area contributed by atoms with Gasteiger partial charge in [0.1, 0.15) is 5.82 Å². The molecule has 3 aromatic carbocycles. The summed E-state index contributed by atoms with van der Waals surface area (Å²) in [4.78, 5) is 25.5. The van der Waals surface area contributed by atoms with Gasteiger partial charge in [-0.15, -0.1) is 11.8 Å². The number of anilines is 2. The third-order valence-electron chi connectivity index (χ3n) is 4.10. The number of thioether (sulfide) groups is 1. The summed E-state index contributed by atoms with van der Waals surface area (Å²) >= 11 is 13.3. The Balaban J connectivity index is 1.58. The van der Waals surface area contributed by atoms with Crippen molar-refractivity contribution in [3.8, 4) is 0 Å². The van der Waals surface area contributed by atoms with Crippen molar-refractivity contribution in [2.24, 2.45) is 0 Å². The van der Waals surface area contributed by atoms with Gasteiger partial charge in [0.15, 0.2) is 0 Å². The van der Waals surface area contributed by atoms with Gasteiger partial charge in [0, 0.05) is 15.6 Å². The van der Waals surface area contributed by atoms with Crippen LogP contribution in [0.3, 0.4) is 0 Å². The molecule has 0 aliphatic carbocycles. The Morgan fingerprint density at radius 3 is 2.33 bits per heavy atom. The molecule has 3 rings (SSSR count). The zero-order valence-electron chi connectivity index (χ0n) is 15.8. The van der Waals surface area contributed by atoms with Gasteiger partial charge >= 0.3 is 0 Å². The van der Waals surface area contributed by atoms with Gasteiger partial charge in [-0.05, 0) is 61.5 Å². The first-order chi connectivity index (χ1) is 14.3. The van der Waals surface area contributed by atoms with Gasteiger partial charge in [0.25, 0.3) is 5.91 Å². The van der Waals surface area contributed by atoms with E-state index in [1.165, 1.54) is 30.0 Å². The van der Waals surface area contributed by atoms with E-state index in [0.29, 0.717) is 21.4 Å². The molecule has 0 heterocycles. The number of rotatable bonds is 6. The Bertz CT molecular complexity index is 1080. The maximum atomic E-state index is 13.7. The number of halogens is 3. The van der Waals surface area contributed by atoms with Crippen molar-refractivity contribution in [2.75, 3.05) is 10.6 Å². The number of carbonyl (C=O) groups excluding carboxylic acids is 2. The lowest BCUT2D eigenvalue weighted by atomic mass is 10.2. The van der Waals surface area contributed by atoms with Crippen molar-refractivity contribution < 1.29 is 14.0 Å². The molecule has 0 aliphatic heterocycles. The van der Waals surface area contributed by atoms with E-state index in [9.17, 15) is 14.0 Å². The van der Waals surface area contributed by atoms with Crippen molar-refractivity contribution in [2.45, 2.75) is 17.1 Å². The molecule has 0 aliphatic rings. The summed E-state index contributed by atoms with van der Waals surface area (Å²) < 4.78 is 13.7. The molecule has 0 aromatic heterocycles. The highest BCUT2D eigenvalue weighted by molar-refractivity contribution is 8.00. The molecule has 0 spiro atoms. The summed E-state index contributed by atoms with van der Waals surface area (Å²) in [6.45, 7) is 1.78. The molecule has 3 aromatic rings. The van der Waals surface area contributed by atoms with Crippen LogP contribution in [0, 0.1) is 5.82 Å². The minimum atomic E-state index is -0.581. The first kappa shape index (κ1) is 22.2. The van der Waals surface area contributed by atoms with Crippen LogP contribution >= 0.6 is 35.0 Å². The minimum absolute atomic E-state index is 0.0258. The molecular formula is C22H17Cl2FN2O2S. The van der Waals surface area contributed by atoms with Crippen molar-refractivity contribution in [1.29, 1.82) is 0 Å². The first-order valence-corrected chi connectivity index (χ1v) is 10.6. The summed E-state index contributed by atoms with van der Waals surface area (Å²) in [7, 11) is 0. The second kappa shape index (κ2) is 9.98. The van der Waals surface area contributed by atoms with Gasteiger partial charge in [-0.2, -0.15) is 0 Å². The smallest absolute Gasteiger partial charge is 0.258 e. The molecule has 2 N–H and O–H groups in total. The molecular weight excluding hydrogens is 446 g/mol. The topological polar surface area (TPSA) is 58.2 Å². The zero-order valence-corrected chi connectivity index (χ0v) is 18.1. The molecule has 1 unspecified atom stereocenters. The van der Waals surface area contributed by atoms with Gasteiger partial charge < -0.3 is 10.6 Å². The van der Waals surface area contributed by atoms with E-state index in [0.717, 1.165) is 4.90 Å². The lowest BCUT2D eigenvalue weighted by Crippen LogP contribution is -2.22. The maximum absolute atomic E-state index is 13.7. The SMILES string of the molecule is CC(Sc1ccc(NC(=O)c2ccccc2F)cc1)C(=O)Nc1ccc(Cl)cc1Cl. The fourth-order valence-electron chi connectivity index (χ4n) is 2.54. The predicted octanol–water partition coefficient (Wildman–Crippen LogP) is 6.50. The van der Waals surface area contributed by atoms with Crippen molar-refractivity contribution in [3.63, 3.8) is 0 Å². The Morgan fingerprint density at radius 1 is 0.967 bits per heavy atom. The van der Waals surface area contributed by atoms with Crippen LogP contribution in [0.5, 0.6) is 0 Å². The number of hydrogen-bond donors (Lipinski definition) is 2. The highest BCUT2D eigenvalue weighted by atomic mass is 35.5. The van der Waals surface area contributed by atoms with E-state index >= 15 is 0 Å². The molecule has 1 atom stereocenters. The molecule has 4 nitrogen and oxygen atoms in total. The quantitative estimate of drug-likeness (QED) is 0.410. The molecule has 0 fully saturated rings. The summed E-state index contributed by atoms with van der Waals surface area (Å²) in [5.41, 5.74) is 0.990. The van der Waals surface area contributed by atoms with Crippen LogP contribution in [0.15, 0.2) is 71.6 Å². The Hall–Kier alpha value is -2.54. The zero-order chi connectivity index (χ0) is 21.7. The van der Waals surface area contributed by atoms with Crippen LogP contribution < -0.4 is 10.6 Å². The average molecular weight is 463 g/mol. The Morgan fingerprint density at radius 2 is 1.67 bits per heavy atom. The van der Waals surface area contributed by atoms with Crippen molar-refractivity contribution in [1.82, 2.24) is 0 Å². The third-order valence-corrected chi connectivity index (χ3v) is 5.76. The number of carbonyl (C=O) groups is 2. The minimum Gasteiger partial charge on any atom is -0.324 e. The number of benzene rings is 3. The molecule has 0 saturated carbocycles. The summed E-state index contributed by atoms with van der Waals surface area (Å²) in [6, 6.07) is 17.6. The van der Waals surface area contributed by atoms with E-state index in [1.54, 1.807) is 55.5 Å². The summed E-state index contributed by atoms with van der Waals surface area (Å²) in [5, 5.41) is 5.89. The van der Waals surface area contributed by atoms with E-state index in [1.807, 2.05) is 0 Å². The molecule has 30 heavy (non-hydrogen) atoms. The van der Waals surface area contributed by atoms with Crippen LogP contribution in [0.2, 0.25) is 10.0 Å². The van der Waals surface area contributed by atoms with E-state index in [4.69, 9.17) is 23.2 Å². The van der Waals surface area contributed by atoms with E-state index in [2.05, 4.69) is 10.6 Å². The van der Waals surface area contributed by atoms with Crippen molar-refractivity contribution >= 4 is 58.2 Å². The van der Waals surface area contributed by atoms with Crippen LogP contribution in [0.4, 0.5) is 15.8 Å². The molecule has 154 valence electrons. The normalized spacial score (nSPS) is 11.6. The molecule has 0 bridgehead atoms. The molecule has 8 heteroatoms. The monoisotopic (exact) mass is 462 g/mol. The van der Waals surface area contributed by atoms with E-state index < -0.39 is 17.0 Å². The summed E-state index contributed by atoms with van der Waals surface area (Å²) in [5.74, 6) is -1.31. The van der Waals surface area contributed by atoms with E-state index in [-0.39, 0.29) is 11.5 Å². The molecule has 0 saturated heterocycles. The second-order valence-electron chi connectivity index (χ2n) is 6.33. The molecule has 0 radical (unpaired) electrons. The van der Waals surface area contributed by atoms with Gasteiger partial charge in [0.2, 0.25) is 5.91 Å². The lowest BCUT2D eigenvalue weighted by Gasteiger charge is -2.13. The fraction of sp³-hybridized carbons (Fsp3) is 0.0909. The van der Waals surface area contributed by atoms with Gasteiger partial charge in [-0.3, -0.25) is 9.59 Å². The third kappa shape index (κ3) is 5.75. The Kier molecular flexibility index (Phi) is 7.37. The highest BCUT2D eigenvalue weighted by Gasteiger charge is 2.16. The average Bonchev–Trinajstić information content (AvgIpc) is 2.71. The second-order valence-corrected chi connectivity index (χ2v) is 8.59. The number of hydrogen-bond acceptors (Lipinski definition) is 3. The Labute approximate surface area is 187 Å². The lowest BCUT2D eigenvalue weighted by molar-refractivity contribution is -0.115. The van der Waals surface area contributed by atoms with Crippen molar-refractivity contribution in [3.05, 3.63) is 88.2 Å². The van der Waals surface area contributed by atoms with Crippen LogP contribution in [-0.4, -0.2) is 17.1 Å². The van der Waals surface area contributed by atoms with Crippen LogP contribution in [-0.2, 0) is 4.79 Å². The summed E-state index contributed by atoms with van der Waals surface area (Å²) in [6.07, 6.45) is 0. The number of amides is 2. The standard InChI is InChI=1S/C22H17Cl2FN2O2S/c1-13(21(28)27-20-11-6-14(23)12-18(20)24)30-16-9-7-15(8-10-16)26-22(29)17-4-2-3-5-19(17)25/h2-13H,1H3,(H,26,29)(H,27,28). The highest BCUT2D eigenvalue weighted by Crippen LogP contribution is 2.29. The van der Waals surface area contributed by atoms with Gasteiger partial charge in [-0.1, -0.05) is 35.3 Å². The predicted molar refractivity (Wildman–Crippen MR) is 121 cm³/mol. The van der Waals surface area contributed by atoms with Crippen LogP contribution in [0.25, 0.3) is 0 Å². The number of nitrogens with one attached hydrogen (secondary N) is 2. The largest absolute Gasteiger partial charge is 0.324 e.